The number of nitrogens with one attached hydrogen (secondary N) is 1. The van der Waals surface area contributed by atoms with Gasteiger partial charge in [0.15, 0.2) is 0 Å². The highest BCUT2D eigenvalue weighted by Gasteiger charge is 2.34. The van der Waals surface area contributed by atoms with Crippen LogP contribution in [0.25, 0.3) is 0 Å². The van der Waals surface area contributed by atoms with Gasteiger partial charge in [-0.05, 0) is 49.2 Å². The summed E-state index contributed by atoms with van der Waals surface area (Å²) < 4.78 is 39.2. The molecule has 1 N–H and O–H groups in total. The van der Waals surface area contributed by atoms with Crippen molar-refractivity contribution in [3.05, 3.63) is 59.2 Å². The number of halogens is 3. The monoisotopic (exact) mass is 377 g/mol. The second-order valence-corrected chi connectivity index (χ2v) is 6.72. The maximum Gasteiger partial charge on any atom is 0.418 e. The fraction of sp³-hybridized carbons (Fsp3) is 0.350. The first-order valence-electron chi connectivity index (χ1n) is 8.80. The summed E-state index contributed by atoms with van der Waals surface area (Å²) in [6.07, 6.45) is -4.51. The van der Waals surface area contributed by atoms with Crippen LogP contribution in [0.5, 0.6) is 0 Å². The predicted molar refractivity (Wildman–Crippen MR) is 100 cm³/mol. The quantitative estimate of drug-likeness (QED) is 0.825. The summed E-state index contributed by atoms with van der Waals surface area (Å²) in [6.45, 7) is 6.29. The Morgan fingerprint density at radius 2 is 1.63 bits per heavy atom. The number of nitrogens with zero attached hydrogens (tertiary/aromatic N) is 2. The van der Waals surface area contributed by atoms with Crippen molar-refractivity contribution in [3.8, 4) is 0 Å². The summed E-state index contributed by atoms with van der Waals surface area (Å²) in [5, 5.41) is 2.41. The number of carbonyl (C=O) groups excluding carboxylic acids is 1. The molecule has 0 spiro atoms. The summed E-state index contributed by atoms with van der Waals surface area (Å²) in [6, 6.07) is 10.7. The number of aryl methyl sites for hydroxylation is 2. The molecule has 27 heavy (non-hydrogen) atoms. The molecular weight excluding hydrogens is 355 g/mol. The molecule has 1 saturated heterocycles. The molecule has 0 atom stereocenters. The minimum absolute atomic E-state index is 0.216. The van der Waals surface area contributed by atoms with Gasteiger partial charge in [0.2, 0.25) is 0 Å². The molecule has 0 radical (unpaired) electrons. The Hall–Kier alpha value is -2.70. The second-order valence-electron chi connectivity index (χ2n) is 6.72. The van der Waals surface area contributed by atoms with E-state index >= 15 is 0 Å². The minimum atomic E-state index is -4.51. The van der Waals surface area contributed by atoms with E-state index in [9.17, 15) is 18.0 Å². The molecule has 1 fully saturated rings. The molecule has 0 aromatic heterocycles. The average Bonchev–Trinajstić information content (AvgIpc) is 2.64. The largest absolute Gasteiger partial charge is 0.418 e. The molecule has 3 rings (SSSR count). The zero-order valence-corrected chi connectivity index (χ0v) is 15.3. The van der Waals surface area contributed by atoms with Gasteiger partial charge >= 0.3 is 12.2 Å². The number of carbonyl (C=O) groups is 1. The van der Waals surface area contributed by atoms with Gasteiger partial charge in [-0.3, -0.25) is 0 Å². The third-order valence-electron chi connectivity index (χ3n) is 4.90. The van der Waals surface area contributed by atoms with Crippen LogP contribution in [-0.4, -0.2) is 37.1 Å². The molecule has 1 aliphatic heterocycles. The topological polar surface area (TPSA) is 35.6 Å². The van der Waals surface area contributed by atoms with Crippen molar-refractivity contribution in [2.75, 3.05) is 36.4 Å². The number of hydrogen-bond acceptors (Lipinski definition) is 2. The smallest absolute Gasteiger partial charge is 0.368 e. The summed E-state index contributed by atoms with van der Waals surface area (Å²) >= 11 is 0. The van der Waals surface area contributed by atoms with Crippen LogP contribution in [0.3, 0.4) is 0 Å². The van der Waals surface area contributed by atoms with Crippen molar-refractivity contribution in [2.45, 2.75) is 20.0 Å². The maximum absolute atomic E-state index is 13.1. The van der Waals surface area contributed by atoms with Crippen molar-refractivity contribution in [3.63, 3.8) is 0 Å². The second kappa shape index (κ2) is 7.50. The molecule has 144 valence electrons. The highest BCUT2D eigenvalue weighted by molar-refractivity contribution is 5.90. The van der Waals surface area contributed by atoms with Crippen LogP contribution < -0.4 is 10.2 Å². The van der Waals surface area contributed by atoms with Gasteiger partial charge in [-0.15, -0.1) is 0 Å². The Bertz CT molecular complexity index is 827. The van der Waals surface area contributed by atoms with E-state index in [1.807, 2.05) is 0 Å². The molecule has 1 aliphatic rings. The summed E-state index contributed by atoms with van der Waals surface area (Å²) in [7, 11) is 0. The van der Waals surface area contributed by atoms with Gasteiger partial charge in [-0.2, -0.15) is 13.2 Å². The van der Waals surface area contributed by atoms with Crippen molar-refractivity contribution in [2.24, 2.45) is 0 Å². The molecule has 0 aliphatic carbocycles. The molecular formula is C20H22F3N3O. The lowest BCUT2D eigenvalue weighted by molar-refractivity contribution is -0.136. The number of alkyl halides is 3. The van der Waals surface area contributed by atoms with Gasteiger partial charge in [0.1, 0.15) is 0 Å². The number of para-hydroxylation sites is 1. The number of piperazine rings is 1. The van der Waals surface area contributed by atoms with E-state index < -0.39 is 17.8 Å². The van der Waals surface area contributed by atoms with E-state index in [0.717, 1.165) is 11.8 Å². The molecule has 0 bridgehead atoms. The molecule has 2 aromatic rings. The van der Waals surface area contributed by atoms with Crippen LogP contribution in [0.4, 0.5) is 29.3 Å². The first-order chi connectivity index (χ1) is 12.8. The van der Waals surface area contributed by atoms with E-state index in [1.54, 1.807) is 4.90 Å². The lowest BCUT2D eigenvalue weighted by atomic mass is 10.1. The van der Waals surface area contributed by atoms with Gasteiger partial charge in [0.05, 0.1) is 11.3 Å². The van der Waals surface area contributed by atoms with Crippen LogP contribution in [0.2, 0.25) is 0 Å². The third kappa shape index (κ3) is 4.35. The highest BCUT2D eigenvalue weighted by Crippen LogP contribution is 2.34. The lowest BCUT2D eigenvalue weighted by Gasteiger charge is -2.36. The minimum Gasteiger partial charge on any atom is -0.368 e. The summed E-state index contributed by atoms with van der Waals surface area (Å²) in [5.74, 6) is 0. The Labute approximate surface area is 156 Å². The third-order valence-corrected chi connectivity index (χ3v) is 4.90. The van der Waals surface area contributed by atoms with Crippen LogP contribution in [0.1, 0.15) is 16.7 Å². The van der Waals surface area contributed by atoms with Crippen molar-refractivity contribution in [1.82, 2.24) is 4.90 Å². The maximum atomic E-state index is 13.1. The first-order valence-corrected chi connectivity index (χ1v) is 8.80. The molecule has 0 unspecified atom stereocenters. The standard InChI is InChI=1S/C20H22F3N3O/c1-14-7-8-16(13-15(14)2)25-9-11-26(12-10-25)19(27)24-18-6-4-3-5-17(18)20(21,22)23/h3-8,13H,9-12H2,1-2H3,(H,24,27). The van der Waals surface area contributed by atoms with E-state index in [2.05, 4.69) is 42.3 Å². The van der Waals surface area contributed by atoms with Gasteiger partial charge < -0.3 is 15.1 Å². The molecule has 0 saturated carbocycles. The van der Waals surface area contributed by atoms with Gasteiger partial charge in [0, 0.05) is 31.9 Å². The van der Waals surface area contributed by atoms with Crippen LogP contribution in [0, 0.1) is 13.8 Å². The van der Waals surface area contributed by atoms with Crippen LogP contribution in [-0.2, 0) is 6.18 Å². The number of hydrogen-bond donors (Lipinski definition) is 1. The molecule has 4 nitrogen and oxygen atoms in total. The Kier molecular flexibility index (Phi) is 5.30. The number of urea groups is 1. The zero-order valence-electron chi connectivity index (χ0n) is 15.3. The Morgan fingerprint density at radius 3 is 2.26 bits per heavy atom. The Morgan fingerprint density at radius 1 is 0.963 bits per heavy atom. The fourth-order valence-electron chi connectivity index (χ4n) is 3.12. The number of amides is 2. The summed E-state index contributed by atoms with van der Waals surface area (Å²) in [4.78, 5) is 16.1. The average molecular weight is 377 g/mol. The zero-order chi connectivity index (χ0) is 19.6. The van der Waals surface area contributed by atoms with Gasteiger partial charge in [-0.25, -0.2) is 4.79 Å². The van der Waals surface area contributed by atoms with E-state index in [4.69, 9.17) is 0 Å². The SMILES string of the molecule is Cc1ccc(N2CCN(C(=O)Nc3ccccc3C(F)(F)F)CC2)cc1C. The van der Waals surface area contributed by atoms with Crippen molar-refractivity contribution in [1.29, 1.82) is 0 Å². The van der Waals surface area contributed by atoms with Crippen molar-refractivity contribution < 1.29 is 18.0 Å². The molecule has 1 heterocycles. The number of benzene rings is 2. The van der Waals surface area contributed by atoms with Crippen LogP contribution in [0.15, 0.2) is 42.5 Å². The number of rotatable bonds is 2. The van der Waals surface area contributed by atoms with E-state index in [0.29, 0.717) is 26.2 Å². The van der Waals surface area contributed by atoms with E-state index in [-0.39, 0.29) is 5.69 Å². The van der Waals surface area contributed by atoms with E-state index in [1.165, 1.54) is 29.3 Å². The fourth-order valence-corrected chi connectivity index (χ4v) is 3.12. The molecule has 2 amide bonds. The lowest BCUT2D eigenvalue weighted by Crippen LogP contribution is -2.50. The number of anilines is 2. The molecule has 7 heteroatoms. The normalized spacial score (nSPS) is 15.0. The first kappa shape index (κ1) is 19.1. The highest BCUT2D eigenvalue weighted by atomic mass is 19.4. The predicted octanol–water partition coefficient (Wildman–Crippen LogP) is 4.68. The van der Waals surface area contributed by atoms with Crippen LogP contribution >= 0.6 is 0 Å². The molecule has 2 aromatic carbocycles. The summed E-state index contributed by atoms with van der Waals surface area (Å²) in [5.41, 5.74) is 2.47. The van der Waals surface area contributed by atoms with Crippen molar-refractivity contribution >= 4 is 17.4 Å². The van der Waals surface area contributed by atoms with Gasteiger partial charge in [-0.1, -0.05) is 18.2 Å². The Balaban J connectivity index is 1.63. The van der Waals surface area contributed by atoms with Gasteiger partial charge in [0.25, 0.3) is 0 Å².